The predicted molar refractivity (Wildman–Crippen MR) is 92.1 cm³/mol. The van der Waals surface area contributed by atoms with Crippen LogP contribution in [-0.4, -0.2) is 21.8 Å². The number of amides is 3. The second kappa shape index (κ2) is 6.44. The lowest BCUT2D eigenvalue weighted by atomic mass is 9.92. The van der Waals surface area contributed by atoms with E-state index >= 15 is 0 Å². The zero-order chi connectivity index (χ0) is 18.4. The SMILES string of the molecule is CC1(c2ccc(F)c(Cl)c2)NC(=O)N(Cc2nc(Cl)ccc2Cl)C1=O. The molecule has 5 nitrogen and oxygen atoms in total. The highest BCUT2D eigenvalue weighted by Gasteiger charge is 2.49. The summed E-state index contributed by atoms with van der Waals surface area (Å²) in [5.74, 6) is -1.14. The third kappa shape index (κ3) is 3.17. The van der Waals surface area contributed by atoms with Crippen LogP contribution in [0.4, 0.5) is 9.18 Å². The number of hydrogen-bond donors (Lipinski definition) is 1. The number of rotatable bonds is 3. The van der Waals surface area contributed by atoms with Crippen LogP contribution in [0.15, 0.2) is 30.3 Å². The van der Waals surface area contributed by atoms with E-state index in [1.54, 1.807) is 0 Å². The minimum Gasteiger partial charge on any atom is -0.319 e. The van der Waals surface area contributed by atoms with E-state index in [4.69, 9.17) is 34.8 Å². The summed E-state index contributed by atoms with van der Waals surface area (Å²) in [4.78, 5) is 30.2. The summed E-state index contributed by atoms with van der Waals surface area (Å²) < 4.78 is 13.4. The lowest BCUT2D eigenvalue weighted by Gasteiger charge is -2.22. The van der Waals surface area contributed by atoms with Gasteiger partial charge in [-0.15, -0.1) is 0 Å². The molecule has 0 aliphatic carbocycles. The van der Waals surface area contributed by atoms with Crippen LogP contribution in [0, 0.1) is 5.82 Å². The van der Waals surface area contributed by atoms with Crippen molar-refractivity contribution in [3.63, 3.8) is 0 Å². The maximum absolute atomic E-state index is 13.4. The number of nitrogens with one attached hydrogen (secondary N) is 1. The van der Waals surface area contributed by atoms with Crippen molar-refractivity contribution < 1.29 is 14.0 Å². The van der Waals surface area contributed by atoms with Gasteiger partial charge < -0.3 is 5.32 Å². The number of carbonyl (C=O) groups excluding carboxylic acids is 2. The van der Waals surface area contributed by atoms with Crippen LogP contribution in [0.25, 0.3) is 0 Å². The van der Waals surface area contributed by atoms with Gasteiger partial charge in [0.25, 0.3) is 5.91 Å². The first-order valence-corrected chi connectivity index (χ1v) is 8.26. The van der Waals surface area contributed by atoms with E-state index in [1.807, 2.05) is 0 Å². The number of nitrogens with zero attached hydrogens (tertiary/aromatic N) is 2. The maximum Gasteiger partial charge on any atom is 0.325 e. The second-order valence-electron chi connectivity index (χ2n) is 5.64. The zero-order valence-electron chi connectivity index (χ0n) is 12.8. The van der Waals surface area contributed by atoms with Gasteiger partial charge in [0.05, 0.1) is 22.3 Å². The molecule has 0 saturated carbocycles. The van der Waals surface area contributed by atoms with Crippen LogP contribution in [0.1, 0.15) is 18.2 Å². The van der Waals surface area contributed by atoms with Gasteiger partial charge in [-0.2, -0.15) is 0 Å². The molecule has 3 rings (SSSR count). The summed E-state index contributed by atoms with van der Waals surface area (Å²) in [6.45, 7) is 1.37. The van der Waals surface area contributed by atoms with Crippen molar-refractivity contribution in [2.75, 3.05) is 0 Å². The zero-order valence-corrected chi connectivity index (χ0v) is 15.1. The Hall–Kier alpha value is -1.89. The summed E-state index contributed by atoms with van der Waals surface area (Å²) in [5.41, 5.74) is -0.719. The summed E-state index contributed by atoms with van der Waals surface area (Å²) in [5, 5.41) is 2.93. The Morgan fingerprint density at radius 2 is 1.88 bits per heavy atom. The van der Waals surface area contributed by atoms with Crippen LogP contribution in [0.5, 0.6) is 0 Å². The monoisotopic (exact) mass is 401 g/mol. The third-order valence-electron chi connectivity index (χ3n) is 3.96. The molecule has 1 atom stereocenters. The van der Waals surface area contributed by atoms with Crippen molar-refractivity contribution in [1.82, 2.24) is 15.2 Å². The molecule has 1 saturated heterocycles. The Balaban J connectivity index is 1.94. The number of aromatic nitrogens is 1. The number of urea groups is 1. The van der Waals surface area contributed by atoms with Crippen LogP contribution in [-0.2, 0) is 16.9 Å². The lowest BCUT2D eigenvalue weighted by molar-refractivity contribution is -0.131. The van der Waals surface area contributed by atoms with E-state index in [1.165, 1.54) is 31.2 Å². The van der Waals surface area contributed by atoms with E-state index < -0.39 is 23.3 Å². The Kier molecular flexibility index (Phi) is 4.62. The maximum atomic E-state index is 13.4. The van der Waals surface area contributed by atoms with Gasteiger partial charge in [0, 0.05) is 0 Å². The van der Waals surface area contributed by atoms with Crippen molar-refractivity contribution in [3.05, 3.63) is 62.6 Å². The fraction of sp³-hybridized carbons (Fsp3) is 0.188. The minimum atomic E-state index is -1.38. The van der Waals surface area contributed by atoms with E-state index in [0.717, 1.165) is 11.0 Å². The van der Waals surface area contributed by atoms with Gasteiger partial charge in [-0.1, -0.05) is 40.9 Å². The molecule has 0 spiro atoms. The first kappa shape index (κ1) is 17.9. The molecule has 2 aromatic rings. The third-order valence-corrected chi connectivity index (χ3v) is 4.81. The Morgan fingerprint density at radius 3 is 2.56 bits per heavy atom. The van der Waals surface area contributed by atoms with Gasteiger partial charge >= 0.3 is 6.03 Å². The van der Waals surface area contributed by atoms with Gasteiger partial charge in [0.1, 0.15) is 16.5 Å². The van der Waals surface area contributed by atoms with Crippen LogP contribution in [0.2, 0.25) is 15.2 Å². The summed E-state index contributed by atoms with van der Waals surface area (Å²) >= 11 is 17.7. The van der Waals surface area contributed by atoms with E-state index in [-0.39, 0.29) is 21.7 Å². The molecular weight excluding hydrogens is 392 g/mol. The molecule has 1 N–H and O–H groups in total. The molecule has 3 amide bonds. The summed E-state index contributed by atoms with van der Waals surface area (Å²) in [7, 11) is 0. The predicted octanol–water partition coefficient (Wildman–Crippen LogP) is 4.15. The van der Waals surface area contributed by atoms with Crippen LogP contribution < -0.4 is 5.32 Å². The molecule has 1 aromatic carbocycles. The fourth-order valence-corrected chi connectivity index (χ4v) is 3.07. The highest BCUT2D eigenvalue weighted by atomic mass is 35.5. The molecule has 1 unspecified atom stereocenters. The van der Waals surface area contributed by atoms with Crippen molar-refractivity contribution in [2.24, 2.45) is 0 Å². The first-order chi connectivity index (χ1) is 11.7. The smallest absolute Gasteiger partial charge is 0.319 e. The van der Waals surface area contributed by atoms with Crippen LogP contribution >= 0.6 is 34.8 Å². The average Bonchev–Trinajstić information content (AvgIpc) is 2.77. The number of imide groups is 1. The molecule has 2 heterocycles. The molecular formula is C16H11Cl3FN3O2. The molecule has 1 fully saturated rings. The standard InChI is InChI=1S/C16H11Cl3FN3O2/c1-16(8-2-4-11(20)10(18)6-8)14(24)23(15(25)22-16)7-12-9(17)3-5-13(19)21-12/h2-6H,7H2,1H3,(H,22,25). The molecule has 130 valence electrons. The van der Waals surface area contributed by atoms with E-state index in [9.17, 15) is 14.0 Å². The number of pyridine rings is 1. The average molecular weight is 403 g/mol. The quantitative estimate of drug-likeness (QED) is 0.620. The normalized spacial score (nSPS) is 20.1. The topological polar surface area (TPSA) is 62.3 Å². The van der Waals surface area contributed by atoms with Gasteiger partial charge in [-0.3, -0.25) is 9.69 Å². The Labute approximate surface area is 157 Å². The van der Waals surface area contributed by atoms with Gasteiger partial charge in [-0.05, 0) is 36.8 Å². The van der Waals surface area contributed by atoms with Gasteiger partial charge in [-0.25, -0.2) is 14.2 Å². The van der Waals surface area contributed by atoms with Crippen molar-refractivity contribution in [1.29, 1.82) is 0 Å². The van der Waals surface area contributed by atoms with Crippen LogP contribution in [0.3, 0.4) is 0 Å². The van der Waals surface area contributed by atoms with Crippen molar-refractivity contribution in [2.45, 2.75) is 19.0 Å². The number of halogens is 4. The molecule has 1 aliphatic rings. The van der Waals surface area contributed by atoms with Gasteiger partial charge in [0.2, 0.25) is 0 Å². The molecule has 1 aliphatic heterocycles. The second-order valence-corrected chi connectivity index (χ2v) is 6.84. The highest BCUT2D eigenvalue weighted by molar-refractivity contribution is 6.32. The Morgan fingerprint density at radius 1 is 1.16 bits per heavy atom. The first-order valence-electron chi connectivity index (χ1n) is 7.13. The lowest BCUT2D eigenvalue weighted by Crippen LogP contribution is -2.40. The Bertz CT molecular complexity index is 893. The molecule has 25 heavy (non-hydrogen) atoms. The van der Waals surface area contributed by atoms with E-state index in [0.29, 0.717) is 11.3 Å². The van der Waals surface area contributed by atoms with E-state index in [2.05, 4.69) is 10.3 Å². The summed E-state index contributed by atoms with van der Waals surface area (Å²) in [6, 6.07) is 6.26. The van der Waals surface area contributed by atoms with Gasteiger partial charge in [0.15, 0.2) is 0 Å². The molecule has 1 aromatic heterocycles. The number of hydrogen-bond acceptors (Lipinski definition) is 3. The number of carbonyl (C=O) groups is 2. The molecule has 9 heteroatoms. The van der Waals surface area contributed by atoms with Crippen molar-refractivity contribution in [3.8, 4) is 0 Å². The highest BCUT2D eigenvalue weighted by Crippen LogP contribution is 2.32. The molecule has 0 bridgehead atoms. The molecule has 0 radical (unpaired) electrons. The van der Waals surface area contributed by atoms with Crippen molar-refractivity contribution >= 4 is 46.7 Å². The summed E-state index contributed by atoms with van der Waals surface area (Å²) in [6.07, 6.45) is 0. The fourth-order valence-electron chi connectivity index (χ4n) is 2.56. The minimum absolute atomic E-state index is 0.140. The largest absolute Gasteiger partial charge is 0.325 e. The number of benzene rings is 1.